The van der Waals surface area contributed by atoms with Gasteiger partial charge in [0.1, 0.15) is 17.5 Å². The van der Waals surface area contributed by atoms with Crippen LogP contribution in [0, 0.1) is 35.2 Å². The lowest BCUT2D eigenvalue weighted by molar-refractivity contribution is 0.224. The van der Waals surface area contributed by atoms with Gasteiger partial charge in [-0.05, 0) is 97.6 Å². The third kappa shape index (κ3) is 7.28. The van der Waals surface area contributed by atoms with Crippen molar-refractivity contribution in [2.45, 2.75) is 103 Å². The Balaban J connectivity index is 1.24. The summed E-state index contributed by atoms with van der Waals surface area (Å²) in [5.74, 6) is 1.45. The Morgan fingerprint density at radius 2 is 1.23 bits per heavy atom. The maximum Gasteiger partial charge on any atom is 0.142 e. The van der Waals surface area contributed by atoms with Crippen molar-refractivity contribution in [1.82, 2.24) is 0 Å². The van der Waals surface area contributed by atoms with Crippen LogP contribution >= 0.6 is 11.6 Å². The summed E-state index contributed by atoms with van der Waals surface area (Å²) in [5.41, 5.74) is 1.57. The van der Waals surface area contributed by atoms with E-state index in [1.807, 2.05) is 0 Å². The Kier molecular flexibility index (Phi) is 9.61. The molecule has 0 heterocycles. The van der Waals surface area contributed by atoms with Gasteiger partial charge in [0.25, 0.3) is 0 Å². The average Bonchev–Trinajstić information content (AvgIpc) is 2.85. The fourth-order valence-electron chi connectivity index (χ4n) is 6.53. The van der Waals surface area contributed by atoms with Gasteiger partial charge in [-0.15, -0.1) is 0 Å². The normalized spacial score (nSPS) is 25.1. The first-order chi connectivity index (χ1) is 16.9. The molecule has 4 heteroatoms. The van der Waals surface area contributed by atoms with Gasteiger partial charge in [0.05, 0.1) is 5.02 Å². The molecule has 4 rings (SSSR count). The van der Waals surface area contributed by atoms with Crippen LogP contribution in [0.5, 0.6) is 0 Å². The first-order valence-electron chi connectivity index (χ1n) is 13.8. The van der Waals surface area contributed by atoms with E-state index in [1.54, 1.807) is 18.2 Å². The van der Waals surface area contributed by atoms with Crippen LogP contribution in [-0.2, 0) is 12.8 Å². The van der Waals surface area contributed by atoms with Crippen molar-refractivity contribution in [3.63, 3.8) is 0 Å². The SMILES string of the molecule is CCC[C@H]1CC[C@H](CCC2CCC(c3cc(F)c(CCc4ccc(Cl)c(F)c4)c(F)c3)CC2)CC1. The van der Waals surface area contributed by atoms with Gasteiger partial charge in [-0.2, -0.15) is 0 Å². The van der Waals surface area contributed by atoms with Crippen molar-refractivity contribution in [3.8, 4) is 0 Å². The van der Waals surface area contributed by atoms with E-state index in [-0.39, 0.29) is 22.9 Å². The summed E-state index contributed by atoms with van der Waals surface area (Å²) in [5, 5.41) is 0.0553. The third-order valence-corrected chi connectivity index (χ3v) is 9.08. The molecule has 0 aromatic heterocycles. The number of benzene rings is 2. The van der Waals surface area contributed by atoms with Crippen LogP contribution in [0.4, 0.5) is 13.2 Å². The number of halogens is 4. The standard InChI is InChI=1S/C31H40ClF3/c1-2-3-21-4-6-22(7-5-21)8-9-23-10-14-25(15-11-23)26-19-29(33)27(30(34)20-26)16-12-24-13-17-28(32)31(35)18-24/h13,17-23,25H,2-12,14-16H2,1H3/t21-,22-,23?,25?. The molecule has 0 bridgehead atoms. The Hall–Kier alpha value is -1.48. The zero-order chi connectivity index (χ0) is 24.8. The average molecular weight is 505 g/mol. The summed E-state index contributed by atoms with van der Waals surface area (Å²) in [6.45, 7) is 2.30. The van der Waals surface area contributed by atoms with Crippen LogP contribution in [0.1, 0.15) is 107 Å². The summed E-state index contributed by atoms with van der Waals surface area (Å²) >= 11 is 5.72. The Bertz CT molecular complexity index is 933. The molecule has 0 spiro atoms. The number of rotatable bonds is 9. The van der Waals surface area contributed by atoms with E-state index >= 15 is 0 Å². The van der Waals surface area contributed by atoms with E-state index in [9.17, 15) is 13.2 Å². The molecular weight excluding hydrogens is 465 g/mol. The van der Waals surface area contributed by atoms with Gasteiger partial charge in [0.15, 0.2) is 0 Å². The molecule has 0 N–H and O–H groups in total. The summed E-state index contributed by atoms with van der Waals surface area (Å²) in [6, 6.07) is 7.60. The maximum atomic E-state index is 14.9. The minimum atomic E-state index is -0.504. The fourth-order valence-corrected chi connectivity index (χ4v) is 6.65. The monoisotopic (exact) mass is 504 g/mol. The first kappa shape index (κ1) is 26.6. The van der Waals surface area contributed by atoms with Gasteiger partial charge < -0.3 is 0 Å². The molecule has 0 unspecified atom stereocenters. The summed E-state index contributed by atoms with van der Waals surface area (Å²) in [4.78, 5) is 0. The van der Waals surface area contributed by atoms with Crippen LogP contribution in [0.3, 0.4) is 0 Å². The topological polar surface area (TPSA) is 0 Å². The molecule has 2 fully saturated rings. The molecule has 2 saturated carbocycles. The smallest absolute Gasteiger partial charge is 0.142 e. The van der Waals surface area contributed by atoms with E-state index in [0.29, 0.717) is 12.0 Å². The highest BCUT2D eigenvalue weighted by Crippen LogP contribution is 2.41. The molecule has 0 aliphatic heterocycles. The minimum absolute atomic E-state index is 0.0553. The lowest BCUT2D eigenvalue weighted by Gasteiger charge is -2.32. The highest BCUT2D eigenvalue weighted by Gasteiger charge is 2.26. The highest BCUT2D eigenvalue weighted by atomic mass is 35.5. The summed E-state index contributed by atoms with van der Waals surface area (Å²) < 4.78 is 43.4. The number of hydrogen-bond donors (Lipinski definition) is 0. The van der Waals surface area contributed by atoms with Crippen molar-refractivity contribution in [1.29, 1.82) is 0 Å². The second-order valence-electron chi connectivity index (χ2n) is 11.2. The molecule has 0 saturated heterocycles. The Morgan fingerprint density at radius 3 is 1.77 bits per heavy atom. The van der Waals surface area contributed by atoms with Crippen molar-refractivity contribution in [2.24, 2.45) is 17.8 Å². The number of hydrogen-bond acceptors (Lipinski definition) is 0. The lowest BCUT2D eigenvalue weighted by Crippen LogP contribution is -2.18. The number of aryl methyl sites for hydroxylation is 1. The highest BCUT2D eigenvalue weighted by molar-refractivity contribution is 6.30. The van der Waals surface area contributed by atoms with Gasteiger partial charge in [0, 0.05) is 5.56 Å². The molecule has 0 atom stereocenters. The molecule has 0 amide bonds. The Labute approximate surface area is 214 Å². The van der Waals surface area contributed by atoms with Gasteiger partial charge in [-0.25, -0.2) is 13.2 Å². The van der Waals surface area contributed by atoms with Crippen molar-refractivity contribution >= 4 is 11.6 Å². The van der Waals surface area contributed by atoms with Crippen molar-refractivity contribution in [2.75, 3.05) is 0 Å². The molecule has 2 aliphatic carbocycles. The second kappa shape index (κ2) is 12.7. The van der Waals surface area contributed by atoms with Crippen LogP contribution in [0.25, 0.3) is 0 Å². The fraction of sp³-hybridized carbons (Fsp3) is 0.613. The molecule has 0 nitrogen and oxygen atoms in total. The molecule has 2 aliphatic rings. The third-order valence-electron chi connectivity index (χ3n) is 8.78. The molecule has 0 radical (unpaired) electrons. The van der Waals surface area contributed by atoms with Crippen molar-refractivity contribution in [3.05, 3.63) is 69.5 Å². The summed E-state index contributed by atoms with van der Waals surface area (Å²) in [6.07, 6.45) is 16.0. The van der Waals surface area contributed by atoms with Gasteiger partial charge in [0.2, 0.25) is 0 Å². The zero-order valence-corrected chi connectivity index (χ0v) is 21.9. The lowest BCUT2D eigenvalue weighted by atomic mass is 9.74. The van der Waals surface area contributed by atoms with Gasteiger partial charge in [-0.1, -0.05) is 76.0 Å². The van der Waals surface area contributed by atoms with Crippen LogP contribution in [0.15, 0.2) is 30.3 Å². The maximum absolute atomic E-state index is 14.9. The zero-order valence-electron chi connectivity index (χ0n) is 21.1. The Morgan fingerprint density at radius 1 is 0.686 bits per heavy atom. The predicted molar refractivity (Wildman–Crippen MR) is 139 cm³/mol. The van der Waals surface area contributed by atoms with Gasteiger partial charge >= 0.3 is 0 Å². The quantitative estimate of drug-likeness (QED) is 0.318. The van der Waals surface area contributed by atoms with Gasteiger partial charge in [-0.3, -0.25) is 0 Å². The molecular formula is C31H40ClF3. The molecule has 192 valence electrons. The van der Waals surface area contributed by atoms with E-state index < -0.39 is 17.5 Å². The molecule has 35 heavy (non-hydrogen) atoms. The van der Waals surface area contributed by atoms with E-state index in [4.69, 9.17) is 11.6 Å². The minimum Gasteiger partial charge on any atom is -0.207 e. The van der Waals surface area contributed by atoms with Crippen molar-refractivity contribution < 1.29 is 13.2 Å². The van der Waals surface area contributed by atoms with Crippen LogP contribution in [-0.4, -0.2) is 0 Å². The van der Waals surface area contributed by atoms with Crippen LogP contribution in [0.2, 0.25) is 5.02 Å². The largest absolute Gasteiger partial charge is 0.207 e. The second-order valence-corrected chi connectivity index (χ2v) is 11.6. The van der Waals surface area contributed by atoms with E-state index in [0.717, 1.165) is 36.2 Å². The van der Waals surface area contributed by atoms with E-state index in [2.05, 4.69) is 6.92 Å². The van der Waals surface area contributed by atoms with E-state index in [1.165, 1.54) is 76.3 Å². The predicted octanol–water partition coefficient (Wildman–Crippen LogP) is 10.2. The summed E-state index contributed by atoms with van der Waals surface area (Å²) in [7, 11) is 0. The molecule has 2 aromatic carbocycles. The molecule has 2 aromatic rings. The first-order valence-corrected chi connectivity index (χ1v) is 14.2. The van der Waals surface area contributed by atoms with Crippen LogP contribution < -0.4 is 0 Å².